The Morgan fingerprint density at radius 1 is 1.00 bits per heavy atom. The van der Waals surface area contributed by atoms with E-state index >= 15 is 0 Å². The Hall–Kier alpha value is -4.79. The van der Waals surface area contributed by atoms with Crippen molar-refractivity contribution in [2.75, 3.05) is 12.4 Å². The summed E-state index contributed by atoms with van der Waals surface area (Å²) >= 11 is 0. The van der Waals surface area contributed by atoms with Crippen molar-refractivity contribution in [3.05, 3.63) is 106 Å². The molecule has 164 valence electrons. The van der Waals surface area contributed by atoms with E-state index in [1.807, 2.05) is 30.3 Å². The van der Waals surface area contributed by atoms with Crippen LogP contribution in [0.4, 0.5) is 11.4 Å². The number of hydrogen-bond donors (Lipinski definition) is 1. The summed E-state index contributed by atoms with van der Waals surface area (Å²) in [5, 5.41) is 18.5. The van der Waals surface area contributed by atoms with Gasteiger partial charge in [0.1, 0.15) is 5.69 Å². The molecule has 0 aliphatic rings. The first kappa shape index (κ1) is 21.4. The number of anilines is 1. The molecular weight excluding hydrogens is 424 g/mol. The van der Waals surface area contributed by atoms with E-state index in [9.17, 15) is 19.7 Å². The lowest BCUT2D eigenvalue weighted by Gasteiger charge is -2.06. The zero-order valence-electron chi connectivity index (χ0n) is 17.5. The smallest absolute Gasteiger partial charge is 0.337 e. The summed E-state index contributed by atoms with van der Waals surface area (Å²) in [5.74, 6) is -0.936. The van der Waals surface area contributed by atoms with Gasteiger partial charge in [-0.05, 0) is 36.4 Å². The van der Waals surface area contributed by atoms with Crippen LogP contribution in [-0.2, 0) is 4.74 Å². The highest BCUT2D eigenvalue weighted by molar-refractivity contribution is 6.08. The van der Waals surface area contributed by atoms with Gasteiger partial charge in [-0.3, -0.25) is 14.9 Å². The van der Waals surface area contributed by atoms with Gasteiger partial charge in [-0.15, -0.1) is 0 Å². The molecule has 0 atom stereocenters. The zero-order chi connectivity index (χ0) is 23.4. The molecule has 1 N–H and O–H groups in total. The van der Waals surface area contributed by atoms with Crippen molar-refractivity contribution >= 4 is 23.3 Å². The van der Waals surface area contributed by atoms with Crippen molar-refractivity contribution in [3.63, 3.8) is 0 Å². The lowest BCUT2D eigenvalue weighted by molar-refractivity contribution is -0.384. The maximum absolute atomic E-state index is 13.2. The maximum Gasteiger partial charge on any atom is 0.337 e. The number of non-ortho nitro benzene ring substituents is 1. The molecule has 33 heavy (non-hydrogen) atoms. The molecule has 0 aliphatic carbocycles. The number of ether oxygens (including phenoxy) is 1. The Kier molecular flexibility index (Phi) is 5.94. The standard InChI is InChI=1S/C24H18N4O5/c1-33-24(30)16-10-12-18(13-11-16)25-23(29)21-15-27(19-7-3-2-4-8-19)26-22(21)17-6-5-9-20(14-17)28(31)32/h2-15H,1H3,(H,25,29). The molecule has 0 spiro atoms. The van der Waals surface area contributed by atoms with Gasteiger partial charge in [0.05, 0.1) is 28.8 Å². The third kappa shape index (κ3) is 4.62. The van der Waals surface area contributed by atoms with Gasteiger partial charge in [-0.25, -0.2) is 9.48 Å². The summed E-state index contributed by atoms with van der Waals surface area (Å²) in [6, 6.07) is 21.4. The number of methoxy groups -OCH3 is 1. The summed E-state index contributed by atoms with van der Waals surface area (Å²) < 4.78 is 6.22. The summed E-state index contributed by atoms with van der Waals surface area (Å²) in [6.07, 6.45) is 1.57. The number of rotatable bonds is 6. The van der Waals surface area contributed by atoms with Crippen LogP contribution in [0.15, 0.2) is 85.1 Å². The molecule has 3 aromatic carbocycles. The number of hydrogen-bond acceptors (Lipinski definition) is 6. The Bertz CT molecular complexity index is 1330. The van der Waals surface area contributed by atoms with Crippen molar-refractivity contribution in [3.8, 4) is 16.9 Å². The number of carbonyl (C=O) groups excluding carboxylic acids is 2. The Morgan fingerprint density at radius 2 is 1.73 bits per heavy atom. The molecule has 0 radical (unpaired) electrons. The topological polar surface area (TPSA) is 116 Å². The van der Waals surface area contributed by atoms with Crippen LogP contribution in [0, 0.1) is 10.1 Å². The molecule has 9 heteroatoms. The van der Waals surface area contributed by atoms with E-state index in [1.54, 1.807) is 35.1 Å². The molecule has 0 aliphatic heterocycles. The van der Waals surface area contributed by atoms with Gasteiger partial charge in [0.15, 0.2) is 0 Å². The van der Waals surface area contributed by atoms with Gasteiger partial charge in [0.25, 0.3) is 11.6 Å². The molecule has 0 saturated heterocycles. The van der Waals surface area contributed by atoms with Crippen LogP contribution in [0.3, 0.4) is 0 Å². The second-order valence-electron chi connectivity index (χ2n) is 7.00. The van der Waals surface area contributed by atoms with E-state index in [-0.39, 0.29) is 11.3 Å². The number of aromatic nitrogens is 2. The monoisotopic (exact) mass is 442 g/mol. The summed E-state index contributed by atoms with van der Waals surface area (Å²) in [5.41, 5.74) is 2.40. The van der Waals surface area contributed by atoms with Crippen LogP contribution >= 0.6 is 0 Å². The summed E-state index contributed by atoms with van der Waals surface area (Å²) in [6.45, 7) is 0. The van der Waals surface area contributed by atoms with Gasteiger partial charge in [0, 0.05) is 29.6 Å². The molecule has 4 rings (SSSR count). The fourth-order valence-electron chi connectivity index (χ4n) is 3.24. The van der Waals surface area contributed by atoms with E-state index in [1.165, 1.54) is 31.4 Å². The normalized spacial score (nSPS) is 10.5. The Labute approximate surface area is 188 Å². The molecule has 1 aromatic heterocycles. The predicted octanol–water partition coefficient (Wildman–Crippen LogP) is 4.49. The Morgan fingerprint density at radius 3 is 2.39 bits per heavy atom. The first-order valence-electron chi connectivity index (χ1n) is 9.86. The summed E-state index contributed by atoms with van der Waals surface area (Å²) in [7, 11) is 1.29. The van der Waals surface area contributed by atoms with Crippen LogP contribution in [0.5, 0.6) is 0 Å². The highest BCUT2D eigenvalue weighted by atomic mass is 16.6. The van der Waals surface area contributed by atoms with E-state index in [2.05, 4.69) is 15.2 Å². The lowest BCUT2D eigenvalue weighted by atomic mass is 10.1. The van der Waals surface area contributed by atoms with Gasteiger partial charge in [-0.2, -0.15) is 5.10 Å². The number of carbonyl (C=O) groups is 2. The zero-order valence-corrected chi connectivity index (χ0v) is 17.5. The molecule has 1 heterocycles. The predicted molar refractivity (Wildman–Crippen MR) is 121 cm³/mol. The summed E-state index contributed by atoms with van der Waals surface area (Å²) in [4.78, 5) is 35.5. The third-order valence-corrected chi connectivity index (χ3v) is 4.87. The van der Waals surface area contributed by atoms with Gasteiger partial charge in [0.2, 0.25) is 0 Å². The molecule has 4 aromatic rings. The number of nitrogens with zero attached hydrogens (tertiary/aromatic N) is 3. The average Bonchev–Trinajstić information content (AvgIpc) is 3.30. The van der Waals surface area contributed by atoms with Crippen LogP contribution in [0.25, 0.3) is 16.9 Å². The van der Waals surface area contributed by atoms with Gasteiger partial charge in [-0.1, -0.05) is 30.3 Å². The Balaban J connectivity index is 1.72. The maximum atomic E-state index is 13.2. The largest absolute Gasteiger partial charge is 0.465 e. The van der Waals surface area contributed by atoms with Crippen LogP contribution in [-0.4, -0.2) is 33.7 Å². The fraction of sp³-hybridized carbons (Fsp3) is 0.0417. The van der Waals surface area contributed by atoms with Gasteiger partial charge >= 0.3 is 5.97 Å². The second kappa shape index (κ2) is 9.15. The number of nitrogens with one attached hydrogen (secondary N) is 1. The molecule has 0 fully saturated rings. The van der Waals surface area contributed by atoms with E-state index in [0.29, 0.717) is 22.5 Å². The highest BCUT2D eigenvalue weighted by Crippen LogP contribution is 2.27. The SMILES string of the molecule is COC(=O)c1ccc(NC(=O)c2cn(-c3ccccc3)nc2-c2cccc([N+](=O)[O-])c2)cc1. The number of benzene rings is 3. The lowest BCUT2D eigenvalue weighted by Crippen LogP contribution is -2.12. The van der Waals surface area contributed by atoms with Crippen molar-refractivity contribution < 1.29 is 19.2 Å². The van der Waals surface area contributed by atoms with E-state index < -0.39 is 16.8 Å². The molecule has 0 saturated carbocycles. The van der Waals surface area contributed by atoms with E-state index in [0.717, 1.165) is 5.69 Å². The minimum absolute atomic E-state index is 0.105. The minimum Gasteiger partial charge on any atom is -0.465 e. The van der Waals surface area contributed by atoms with Crippen LogP contribution in [0.2, 0.25) is 0 Å². The second-order valence-corrected chi connectivity index (χ2v) is 7.00. The molecule has 9 nitrogen and oxygen atoms in total. The quantitative estimate of drug-likeness (QED) is 0.267. The van der Waals surface area contributed by atoms with Crippen molar-refractivity contribution in [2.45, 2.75) is 0 Å². The average molecular weight is 442 g/mol. The number of para-hydroxylation sites is 1. The number of amides is 1. The minimum atomic E-state index is -0.500. The first-order chi connectivity index (χ1) is 16.0. The number of esters is 1. The molecule has 0 unspecified atom stereocenters. The molecular formula is C24H18N4O5. The third-order valence-electron chi connectivity index (χ3n) is 4.87. The van der Waals surface area contributed by atoms with Gasteiger partial charge < -0.3 is 10.1 Å². The molecule has 0 bridgehead atoms. The van der Waals surface area contributed by atoms with E-state index in [4.69, 9.17) is 0 Å². The molecule has 1 amide bonds. The number of nitro benzene ring substituents is 1. The fourth-order valence-corrected chi connectivity index (χ4v) is 3.24. The number of nitro groups is 1. The van der Waals surface area contributed by atoms with Crippen molar-refractivity contribution in [1.82, 2.24) is 9.78 Å². The van der Waals surface area contributed by atoms with Crippen LogP contribution in [0.1, 0.15) is 20.7 Å². The highest BCUT2D eigenvalue weighted by Gasteiger charge is 2.20. The van der Waals surface area contributed by atoms with Crippen molar-refractivity contribution in [1.29, 1.82) is 0 Å². The first-order valence-corrected chi connectivity index (χ1v) is 9.86. The van der Waals surface area contributed by atoms with Crippen molar-refractivity contribution in [2.24, 2.45) is 0 Å². The van der Waals surface area contributed by atoms with Crippen LogP contribution < -0.4 is 5.32 Å².